The molecule has 1 aliphatic rings. The summed E-state index contributed by atoms with van der Waals surface area (Å²) in [6.07, 6.45) is 1.94. The normalized spacial score (nSPS) is 14.1. The van der Waals surface area contributed by atoms with E-state index in [0.717, 1.165) is 18.6 Å². The van der Waals surface area contributed by atoms with Crippen molar-refractivity contribution >= 4 is 27.3 Å². The first-order valence-corrected chi connectivity index (χ1v) is 10.8. The summed E-state index contributed by atoms with van der Waals surface area (Å²) >= 11 is 5.88. The van der Waals surface area contributed by atoms with Gasteiger partial charge in [0.05, 0.1) is 11.5 Å². The molecule has 1 fully saturated rings. The van der Waals surface area contributed by atoms with E-state index in [0.29, 0.717) is 17.2 Å². The molecule has 0 spiro atoms. The van der Waals surface area contributed by atoms with Gasteiger partial charge in [0.1, 0.15) is 5.75 Å². The van der Waals surface area contributed by atoms with Crippen LogP contribution in [0.4, 0.5) is 5.88 Å². The maximum Gasteiger partial charge on any atom is 0.234 e. The number of sulfone groups is 1. The Morgan fingerprint density at radius 1 is 1.14 bits per heavy atom. The first-order chi connectivity index (χ1) is 13.5. The molecular weight excluding hydrogens is 400 g/mol. The summed E-state index contributed by atoms with van der Waals surface area (Å²) < 4.78 is 37.5. The molecule has 28 heavy (non-hydrogen) atoms. The number of aromatic nitrogens is 1. The van der Waals surface area contributed by atoms with Crippen molar-refractivity contribution in [2.45, 2.75) is 35.7 Å². The molecule has 0 saturated heterocycles. The van der Waals surface area contributed by atoms with E-state index in [1.54, 1.807) is 24.3 Å². The smallest absolute Gasteiger partial charge is 0.234 e. The zero-order valence-electron chi connectivity index (χ0n) is 15.2. The van der Waals surface area contributed by atoms with Crippen molar-refractivity contribution < 1.29 is 17.6 Å². The molecule has 4 rings (SSSR count). The van der Waals surface area contributed by atoms with Gasteiger partial charge in [-0.3, -0.25) is 0 Å². The summed E-state index contributed by atoms with van der Waals surface area (Å²) in [7, 11) is -3.86. The molecule has 1 aromatic heterocycles. The second kappa shape index (κ2) is 7.48. The van der Waals surface area contributed by atoms with E-state index in [1.807, 2.05) is 6.92 Å². The number of nitrogens with zero attached hydrogens (tertiary/aromatic N) is 1. The lowest BCUT2D eigenvalue weighted by atomic mass is 10.2. The van der Waals surface area contributed by atoms with Gasteiger partial charge in [-0.15, -0.1) is 0 Å². The molecule has 0 aliphatic heterocycles. The van der Waals surface area contributed by atoms with Crippen molar-refractivity contribution in [1.29, 1.82) is 0 Å². The molecule has 1 saturated carbocycles. The minimum atomic E-state index is -3.86. The molecule has 1 N–H and O–H groups in total. The fourth-order valence-electron chi connectivity index (χ4n) is 2.70. The molecule has 3 aromatic rings. The topological polar surface area (TPSA) is 81.4 Å². The fraction of sp³-hybridized carbons (Fsp3) is 0.250. The average molecular weight is 419 g/mol. The Bertz CT molecular complexity index is 1070. The number of benzene rings is 2. The summed E-state index contributed by atoms with van der Waals surface area (Å²) in [6.45, 7) is 2.48. The molecule has 8 heteroatoms. The summed E-state index contributed by atoms with van der Waals surface area (Å²) in [5.41, 5.74) is 0.667. The SMILES string of the molecule is CCOc1ccc(-c2nc(S(=O)(=O)c3ccc(Cl)cc3)c(NC3CC3)o2)cc1. The number of rotatable bonds is 7. The van der Waals surface area contributed by atoms with E-state index in [9.17, 15) is 8.42 Å². The zero-order chi connectivity index (χ0) is 19.7. The van der Waals surface area contributed by atoms with Crippen LogP contribution in [0.5, 0.6) is 5.75 Å². The third kappa shape index (κ3) is 3.86. The van der Waals surface area contributed by atoms with Crippen LogP contribution in [0.2, 0.25) is 5.02 Å². The average Bonchev–Trinajstić information content (AvgIpc) is 3.39. The molecular formula is C20H19ClN2O4S. The third-order valence-electron chi connectivity index (χ3n) is 4.30. The number of halogens is 1. The molecule has 146 valence electrons. The van der Waals surface area contributed by atoms with Crippen LogP contribution in [-0.2, 0) is 9.84 Å². The Hall–Kier alpha value is -2.51. The Morgan fingerprint density at radius 2 is 1.82 bits per heavy atom. The predicted molar refractivity (Wildman–Crippen MR) is 107 cm³/mol. The minimum absolute atomic E-state index is 0.113. The maximum atomic E-state index is 13.1. The van der Waals surface area contributed by atoms with Gasteiger partial charge in [-0.1, -0.05) is 11.6 Å². The molecule has 0 unspecified atom stereocenters. The van der Waals surface area contributed by atoms with Gasteiger partial charge in [0.25, 0.3) is 0 Å². The van der Waals surface area contributed by atoms with Crippen LogP contribution in [-0.4, -0.2) is 26.1 Å². The highest BCUT2D eigenvalue weighted by Gasteiger charge is 2.32. The largest absolute Gasteiger partial charge is 0.494 e. The van der Waals surface area contributed by atoms with E-state index < -0.39 is 9.84 Å². The van der Waals surface area contributed by atoms with Crippen LogP contribution < -0.4 is 10.1 Å². The van der Waals surface area contributed by atoms with Crippen molar-refractivity contribution in [2.24, 2.45) is 0 Å². The second-order valence-corrected chi connectivity index (χ2v) is 8.79. The summed E-state index contributed by atoms with van der Waals surface area (Å²) in [6, 6.07) is 13.4. The molecule has 0 radical (unpaired) electrons. The molecule has 1 heterocycles. The first kappa shape index (κ1) is 18.8. The fourth-order valence-corrected chi connectivity index (χ4v) is 4.09. The lowest BCUT2D eigenvalue weighted by molar-refractivity contribution is 0.340. The highest BCUT2D eigenvalue weighted by atomic mass is 35.5. The highest BCUT2D eigenvalue weighted by molar-refractivity contribution is 7.91. The third-order valence-corrected chi connectivity index (χ3v) is 6.23. The molecule has 0 atom stereocenters. The van der Waals surface area contributed by atoms with Gasteiger partial charge in [-0.05, 0) is 68.3 Å². The number of anilines is 1. The second-order valence-electron chi connectivity index (χ2n) is 6.49. The van der Waals surface area contributed by atoms with Gasteiger partial charge >= 0.3 is 0 Å². The van der Waals surface area contributed by atoms with Gasteiger partial charge in [-0.2, -0.15) is 4.98 Å². The lowest BCUT2D eigenvalue weighted by Gasteiger charge is -2.04. The monoisotopic (exact) mass is 418 g/mol. The molecule has 6 nitrogen and oxygen atoms in total. The van der Waals surface area contributed by atoms with E-state index in [-0.39, 0.29) is 27.7 Å². The lowest BCUT2D eigenvalue weighted by Crippen LogP contribution is -2.08. The Labute approximate surface area is 168 Å². The number of nitrogens with one attached hydrogen (secondary N) is 1. The summed E-state index contributed by atoms with van der Waals surface area (Å²) in [5.74, 6) is 1.13. The standard InChI is InChI=1S/C20H19ClN2O4S/c1-2-26-16-9-3-13(4-10-16)18-23-20(19(27-18)22-15-7-8-15)28(24,25)17-11-5-14(21)6-12-17/h3-6,9-12,15,22H,2,7-8H2,1H3. The molecule has 1 aliphatic carbocycles. The van der Waals surface area contributed by atoms with Crippen molar-refractivity contribution in [3.63, 3.8) is 0 Å². The van der Waals surface area contributed by atoms with Crippen LogP contribution in [0, 0.1) is 0 Å². The molecule has 0 bridgehead atoms. The van der Waals surface area contributed by atoms with Gasteiger partial charge in [-0.25, -0.2) is 8.42 Å². The number of oxazole rings is 1. The predicted octanol–water partition coefficient (Wildman–Crippen LogP) is 4.80. The summed E-state index contributed by atoms with van der Waals surface area (Å²) in [4.78, 5) is 4.43. The van der Waals surface area contributed by atoms with Gasteiger partial charge in [0.15, 0.2) is 0 Å². The minimum Gasteiger partial charge on any atom is -0.494 e. The van der Waals surface area contributed by atoms with Gasteiger partial charge in [0, 0.05) is 16.6 Å². The Morgan fingerprint density at radius 3 is 2.43 bits per heavy atom. The number of hydrogen-bond acceptors (Lipinski definition) is 6. The molecule has 0 amide bonds. The quantitative estimate of drug-likeness (QED) is 0.593. The number of ether oxygens (including phenoxy) is 1. The van der Waals surface area contributed by atoms with Crippen LogP contribution >= 0.6 is 11.6 Å². The van der Waals surface area contributed by atoms with Crippen LogP contribution in [0.3, 0.4) is 0 Å². The first-order valence-electron chi connectivity index (χ1n) is 8.98. The van der Waals surface area contributed by atoms with Crippen LogP contribution in [0.15, 0.2) is 62.9 Å². The van der Waals surface area contributed by atoms with Crippen molar-refractivity contribution in [1.82, 2.24) is 4.98 Å². The van der Waals surface area contributed by atoms with Gasteiger partial charge in [0.2, 0.25) is 26.6 Å². The Kier molecular flexibility index (Phi) is 5.03. The van der Waals surface area contributed by atoms with E-state index in [2.05, 4.69) is 10.3 Å². The zero-order valence-corrected chi connectivity index (χ0v) is 16.8. The van der Waals surface area contributed by atoms with E-state index in [4.69, 9.17) is 20.8 Å². The van der Waals surface area contributed by atoms with Crippen molar-refractivity contribution in [3.05, 3.63) is 53.6 Å². The van der Waals surface area contributed by atoms with Crippen LogP contribution in [0.1, 0.15) is 19.8 Å². The van der Waals surface area contributed by atoms with Crippen molar-refractivity contribution in [2.75, 3.05) is 11.9 Å². The number of hydrogen-bond donors (Lipinski definition) is 1. The van der Waals surface area contributed by atoms with Crippen LogP contribution in [0.25, 0.3) is 11.5 Å². The van der Waals surface area contributed by atoms with E-state index >= 15 is 0 Å². The van der Waals surface area contributed by atoms with E-state index in [1.165, 1.54) is 24.3 Å². The van der Waals surface area contributed by atoms with Crippen molar-refractivity contribution in [3.8, 4) is 17.2 Å². The Balaban J connectivity index is 1.74. The van der Waals surface area contributed by atoms with Gasteiger partial charge < -0.3 is 14.5 Å². The summed E-state index contributed by atoms with van der Waals surface area (Å²) in [5, 5.41) is 3.48. The highest BCUT2D eigenvalue weighted by Crippen LogP contribution is 2.36. The maximum absolute atomic E-state index is 13.1. The molecule has 2 aromatic carbocycles.